The minimum atomic E-state index is -0.831. The number of rotatable bonds is 5. The lowest BCUT2D eigenvalue weighted by Gasteiger charge is -2.33. The van der Waals surface area contributed by atoms with E-state index in [-0.39, 0.29) is 11.4 Å². The highest BCUT2D eigenvalue weighted by molar-refractivity contribution is 7.10. The van der Waals surface area contributed by atoms with Crippen molar-refractivity contribution in [2.24, 2.45) is 0 Å². The fourth-order valence-electron chi connectivity index (χ4n) is 3.78. The van der Waals surface area contributed by atoms with Gasteiger partial charge in [-0.15, -0.1) is 0 Å². The van der Waals surface area contributed by atoms with Crippen LogP contribution in [-0.2, 0) is 0 Å². The van der Waals surface area contributed by atoms with Crippen LogP contribution in [0, 0.1) is 25.5 Å². The van der Waals surface area contributed by atoms with Gasteiger partial charge in [0, 0.05) is 49.4 Å². The summed E-state index contributed by atoms with van der Waals surface area (Å²) in [5, 5.41) is 4.24. The average molecular weight is 472 g/mol. The summed E-state index contributed by atoms with van der Waals surface area (Å²) in [7, 11) is 2.06. The monoisotopic (exact) mass is 471 g/mol. The number of nitrogens with zero attached hydrogens (tertiary/aromatic N) is 5. The van der Waals surface area contributed by atoms with Crippen molar-refractivity contribution in [2.75, 3.05) is 43.4 Å². The number of likely N-dealkylation sites (N-methyl/N-ethyl adjacent to an activating group) is 1. The van der Waals surface area contributed by atoms with E-state index in [9.17, 15) is 4.39 Å². The average Bonchev–Trinajstić information content (AvgIpc) is 3.36. The molecule has 1 aliphatic rings. The lowest BCUT2D eigenvalue weighted by molar-refractivity contribution is 0.311. The Morgan fingerprint density at radius 3 is 2.58 bits per heavy atom. The number of piperazine rings is 1. The van der Waals surface area contributed by atoms with Crippen LogP contribution in [0.1, 0.15) is 11.4 Å². The van der Waals surface area contributed by atoms with Crippen LogP contribution in [-0.4, -0.2) is 57.5 Å². The Balaban J connectivity index is 1.52. The second-order valence-corrected chi connectivity index (χ2v) is 8.96. The molecule has 1 fully saturated rings. The van der Waals surface area contributed by atoms with E-state index in [0.29, 0.717) is 17.2 Å². The van der Waals surface area contributed by atoms with Gasteiger partial charge in [0.15, 0.2) is 11.6 Å². The van der Waals surface area contributed by atoms with Gasteiger partial charge in [-0.3, -0.25) is 0 Å². The van der Waals surface area contributed by atoms with Gasteiger partial charge in [-0.25, -0.2) is 8.78 Å². The molecule has 0 amide bonds. The number of benzene rings is 1. The smallest absolute Gasteiger partial charge is 0.326 e. The molecular weight excluding hydrogens is 448 g/mol. The van der Waals surface area contributed by atoms with E-state index in [1.807, 2.05) is 13.0 Å². The quantitative estimate of drug-likeness (QED) is 0.440. The maximum absolute atomic E-state index is 15.1. The Bertz CT molecular complexity index is 1310. The maximum Gasteiger partial charge on any atom is 0.326 e. The van der Waals surface area contributed by atoms with Gasteiger partial charge in [0.1, 0.15) is 16.6 Å². The van der Waals surface area contributed by atoms with E-state index in [0.717, 1.165) is 42.6 Å². The predicted molar refractivity (Wildman–Crippen MR) is 125 cm³/mol. The highest BCUT2D eigenvalue weighted by Crippen LogP contribution is 2.34. The molecule has 3 aromatic heterocycles. The fourth-order valence-corrected chi connectivity index (χ4v) is 4.45. The van der Waals surface area contributed by atoms with Crippen molar-refractivity contribution in [1.29, 1.82) is 0 Å². The van der Waals surface area contributed by atoms with Gasteiger partial charge in [-0.05, 0) is 44.6 Å². The summed E-state index contributed by atoms with van der Waals surface area (Å²) in [5.41, 5.74) is 1.97. The maximum atomic E-state index is 15.1. The predicted octanol–water partition coefficient (Wildman–Crippen LogP) is 4.60. The lowest BCUT2D eigenvalue weighted by Crippen LogP contribution is -2.44. The van der Waals surface area contributed by atoms with Crippen LogP contribution < -0.4 is 15.0 Å². The molecule has 172 valence electrons. The molecule has 1 saturated heterocycles. The van der Waals surface area contributed by atoms with E-state index < -0.39 is 17.4 Å². The summed E-state index contributed by atoms with van der Waals surface area (Å²) in [6, 6.07) is 6.38. The van der Waals surface area contributed by atoms with Gasteiger partial charge in [0.25, 0.3) is 0 Å². The normalized spacial score (nSPS) is 14.8. The molecule has 1 aliphatic heterocycles. The van der Waals surface area contributed by atoms with Crippen LogP contribution in [0.4, 0.5) is 25.4 Å². The minimum absolute atomic E-state index is 0.139. The SMILES string of the molecule is Cc1cc(Nc2cc(N3CCN(C)CC3)nc(Oc3c(F)cc4[nH]c(C)cc4c3F)n2)sn1. The number of ether oxygens (including phenoxy) is 1. The minimum Gasteiger partial charge on any atom is -0.418 e. The zero-order chi connectivity index (χ0) is 23.1. The number of aryl methyl sites for hydroxylation is 2. The standard InChI is InChI=1S/C22H23F2N7OS/c1-12-8-14-16(25-12)10-15(23)21(20(14)24)32-22-27-17(26-19-9-13(2)29-33-19)11-18(28-22)31-6-4-30(3)5-7-31/h8-11,25H,4-7H2,1-3H3,(H,26,27,28). The topological polar surface area (TPSA) is 82.2 Å². The Morgan fingerprint density at radius 1 is 1.06 bits per heavy atom. The van der Waals surface area contributed by atoms with Crippen LogP contribution in [0.15, 0.2) is 24.3 Å². The first-order valence-corrected chi connectivity index (χ1v) is 11.3. The second kappa shape index (κ2) is 8.56. The van der Waals surface area contributed by atoms with Crippen molar-refractivity contribution in [3.8, 4) is 11.8 Å². The Hall–Kier alpha value is -3.31. The number of hydrogen-bond acceptors (Lipinski definition) is 8. The summed E-state index contributed by atoms with van der Waals surface area (Å²) in [4.78, 5) is 16.1. The van der Waals surface area contributed by atoms with E-state index in [1.54, 1.807) is 19.1 Å². The molecule has 0 aliphatic carbocycles. The molecule has 11 heteroatoms. The van der Waals surface area contributed by atoms with Crippen molar-refractivity contribution < 1.29 is 13.5 Å². The van der Waals surface area contributed by atoms with Crippen molar-refractivity contribution in [1.82, 2.24) is 24.2 Å². The molecule has 1 aromatic carbocycles. The summed E-state index contributed by atoms with van der Waals surface area (Å²) in [6.07, 6.45) is 0. The molecular formula is C22H23F2N7OS. The number of aromatic nitrogens is 4. The summed E-state index contributed by atoms with van der Waals surface area (Å²) in [5.74, 6) is -1.08. The molecule has 33 heavy (non-hydrogen) atoms. The molecule has 0 spiro atoms. The number of fused-ring (bicyclic) bond motifs is 1. The van der Waals surface area contributed by atoms with Gasteiger partial charge < -0.3 is 24.8 Å². The van der Waals surface area contributed by atoms with Crippen molar-refractivity contribution in [3.63, 3.8) is 0 Å². The van der Waals surface area contributed by atoms with E-state index in [1.165, 1.54) is 17.6 Å². The van der Waals surface area contributed by atoms with Gasteiger partial charge in [-0.1, -0.05) is 0 Å². The Morgan fingerprint density at radius 2 is 1.85 bits per heavy atom. The van der Waals surface area contributed by atoms with Crippen molar-refractivity contribution in [3.05, 3.63) is 47.3 Å². The third-order valence-corrected chi connectivity index (χ3v) is 6.29. The molecule has 0 radical (unpaired) electrons. The second-order valence-electron chi connectivity index (χ2n) is 8.16. The Labute approximate surface area is 193 Å². The zero-order valence-electron chi connectivity index (χ0n) is 18.4. The van der Waals surface area contributed by atoms with Gasteiger partial charge >= 0.3 is 6.01 Å². The largest absolute Gasteiger partial charge is 0.418 e. The van der Waals surface area contributed by atoms with E-state index >= 15 is 4.39 Å². The van der Waals surface area contributed by atoms with Crippen LogP contribution in [0.5, 0.6) is 11.8 Å². The number of hydrogen-bond donors (Lipinski definition) is 2. The van der Waals surface area contributed by atoms with Crippen molar-refractivity contribution in [2.45, 2.75) is 13.8 Å². The molecule has 4 heterocycles. The molecule has 0 bridgehead atoms. The van der Waals surface area contributed by atoms with Gasteiger partial charge in [0.2, 0.25) is 5.75 Å². The third-order valence-electron chi connectivity index (χ3n) is 5.50. The van der Waals surface area contributed by atoms with E-state index in [4.69, 9.17) is 4.74 Å². The highest BCUT2D eigenvalue weighted by Gasteiger charge is 2.22. The molecule has 0 saturated carbocycles. The summed E-state index contributed by atoms with van der Waals surface area (Å²) >= 11 is 1.30. The molecule has 2 N–H and O–H groups in total. The molecule has 8 nitrogen and oxygen atoms in total. The number of halogens is 2. The first-order chi connectivity index (χ1) is 15.9. The van der Waals surface area contributed by atoms with Crippen LogP contribution >= 0.6 is 11.5 Å². The van der Waals surface area contributed by atoms with E-state index in [2.05, 4.69) is 41.5 Å². The van der Waals surface area contributed by atoms with Gasteiger partial charge in [0.05, 0.1) is 11.2 Å². The number of anilines is 3. The number of aromatic amines is 1. The highest BCUT2D eigenvalue weighted by atomic mass is 32.1. The molecule has 0 unspecified atom stereocenters. The summed E-state index contributed by atoms with van der Waals surface area (Å²) < 4.78 is 39.7. The van der Waals surface area contributed by atoms with Crippen LogP contribution in [0.25, 0.3) is 10.9 Å². The first-order valence-electron chi connectivity index (χ1n) is 10.5. The number of nitrogens with one attached hydrogen (secondary N) is 2. The summed E-state index contributed by atoms with van der Waals surface area (Å²) in [6.45, 7) is 6.97. The lowest BCUT2D eigenvalue weighted by atomic mass is 10.2. The molecule has 5 rings (SSSR count). The molecule has 0 atom stereocenters. The number of H-pyrrole nitrogens is 1. The molecule has 4 aromatic rings. The van der Waals surface area contributed by atoms with Crippen LogP contribution in [0.2, 0.25) is 0 Å². The Kier molecular flexibility index (Phi) is 5.59. The van der Waals surface area contributed by atoms with Crippen LogP contribution in [0.3, 0.4) is 0 Å². The third kappa shape index (κ3) is 4.46. The first kappa shape index (κ1) is 21.5. The van der Waals surface area contributed by atoms with Gasteiger partial charge in [-0.2, -0.15) is 14.3 Å². The van der Waals surface area contributed by atoms with Crippen molar-refractivity contribution >= 4 is 39.1 Å². The fraction of sp³-hybridized carbons (Fsp3) is 0.318. The zero-order valence-corrected chi connectivity index (χ0v) is 19.3.